The molecule has 138 valence electrons. The van der Waals surface area contributed by atoms with Crippen LogP contribution in [0.25, 0.3) is 0 Å². The van der Waals surface area contributed by atoms with E-state index in [-0.39, 0.29) is 0 Å². The normalized spacial score (nSPS) is 43.8. The molecular weight excluding hydrogens is 296 g/mol. The van der Waals surface area contributed by atoms with Crippen LogP contribution in [0.4, 0.5) is 0 Å². The van der Waals surface area contributed by atoms with Crippen LogP contribution in [0.2, 0.25) is 0 Å². The van der Waals surface area contributed by atoms with Crippen LogP contribution >= 0.6 is 0 Å². The first-order valence-corrected chi connectivity index (χ1v) is 10.4. The van der Waals surface area contributed by atoms with Crippen molar-refractivity contribution in [2.45, 2.75) is 72.1 Å². The lowest BCUT2D eigenvalue weighted by atomic mass is 9.61. The molecule has 3 aliphatic carbocycles. The molecule has 2 N–H and O–H groups in total. The minimum absolute atomic E-state index is 0.320. The molecule has 0 radical (unpaired) electrons. The summed E-state index contributed by atoms with van der Waals surface area (Å²) in [5, 5.41) is 19.7. The molecule has 0 spiro atoms. The molecule has 0 aliphatic heterocycles. The van der Waals surface area contributed by atoms with Crippen LogP contribution in [0, 0.1) is 40.9 Å². The molecule has 3 rings (SSSR count). The fourth-order valence-electron chi connectivity index (χ4n) is 6.59. The minimum Gasteiger partial charge on any atom is -0.396 e. The maximum Gasteiger partial charge on any atom is 0.0496 e. The van der Waals surface area contributed by atoms with E-state index in [2.05, 4.69) is 26.8 Å². The third kappa shape index (κ3) is 3.33. The van der Waals surface area contributed by atoms with Crippen molar-refractivity contribution in [3.05, 3.63) is 11.6 Å². The average molecular weight is 335 g/mol. The molecule has 0 bridgehead atoms. The summed E-state index contributed by atoms with van der Waals surface area (Å²) in [6.45, 7) is 7.72. The van der Waals surface area contributed by atoms with E-state index >= 15 is 0 Å². The van der Waals surface area contributed by atoms with E-state index in [9.17, 15) is 10.2 Å². The van der Waals surface area contributed by atoms with Crippen LogP contribution in [0.3, 0.4) is 0 Å². The third-order valence-corrected chi connectivity index (χ3v) is 7.99. The third-order valence-electron chi connectivity index (χ3n) is 7.99. The summed E-state index contributed by atoms with van der Waals surface area (Å²) in [5.74, 6) is 3.68. The van der Waals surface area contributed by atoms with E-state index in [0.29, 0.717) is 48.2 Å². The van der Waals surface area contributed by atoms with E-state index in [1.807, 2.05) is 0 Å². The molecule has 0 aromatic rings. The van der Waals surface area contributed by atoms with Gasteiger partial charge in [0, 0.05) is 19.1 Å². The second-order valence-corrected chi connectivity index (χ2v) is 9.52. The summed E-state index contributed by atoms with van der Waals surface area (Å²) in [4.78, 5) is 0. The average Bonchev–Trinajstić information content (AvgIpc) is 3.15. The maximum atomic E-state index is 10.0. The van der Waals surface area contributed by atoms with Gasteiger partial charge in [0.05, 0.1) is 0 Å². The zero-order chi connectivity index (χ0) is 17.3. The predicted octanol–water partition coefficient (Wildman–Crippen LogP) is 4.80. The Bertz CT molecular complexity index is 457. The molecule has 3 fully saturated rings. The molecule has 7 unspecified atom stereocenters. The number of aliphatic hydroxyl groups is 2. The van der Waals surface area contributed by atoms with Crippen molar-refractivity contribution in [2.75, 3.05) is 13.2 Å². The number of hydrogen-bond acceptors (Lipinski definition) is 2. The second-order valence-electron chi connectivity index (χ2n) is 9.52. The molecule has 0 saturated heterocycles. The van der Waals surface area contributed by atoms with E-state index in [0.717, 1.165) is 5.92 Å². The van der Waals surface area contributed by atoms with Crippen molar-refractivity contribution < 1.29 is 10.2 Å². The SMILES string of the molecule is CC1CCC(C(C=C2CCCC3(C)C2CCC3C(C)CO)CO)C1. The van der Waals surface area contributed by atoms with Gasteiger partial charge < -0.3 is 10.2 Å². The minimum atomic E-state index is 0.320. The summed E-state index contributed by atoms with van der Waals surface area (Å²) >= 11 is 0. The van der Waals surface area contributed by atoms with Gasteiger partial charge in [-0.05, 0) is 80.0 Å². The first kappa shape index (κ1) is 18.5. The summed E-state index contributed by atoms with van der Waals surface area (Å²) in [6, 6.07) is 0. The zero-order valence-electron chi connectivity index (χ0n) is 16.0. The smallest absolute Gasteiger partial charge is 0.0496 e. The van der Waals surface area contributed by atoms with E-state index in [1.165, 1.54) is 51.4 Å². The van der Waals surface area contributed by atoms with Crippen molar-refractivity contribution in [3.8, 4) is 0 Å². The van der Waals surface area contributed by atoms with E-state index < -0.39 is 0 Å². The maximum absolute atomic E-state index is 10.0. The van der Waals surface area contributed by atoms with Gasteiger partial charge in [0.25, 0.3) is 0 Å². The molecule has 24 heavy (non-hydrogen) atoms. The monoisotopic (exact) mass is 334 g/mol. The summed E-state index contributed by atoms with van der Waals surface area (Å²) in [7, 11) is 0. The zero-order valence-corrected chi connectivity index (χ0v) is 16.0. The van der Waals surface area contributed by atoms with Gasteiger partial charge in [0.2, 0.25) is 0 Å². The summed E-state index contributed by atoms with van der Waals surface area (Å²) < 4.78 is 0. The lowest BCUT2D eigenvalue weighted by molar-refractivity contribution is 0.0682. The van der Waals surface area contributed by atoms with Crippen molar-refractivity contribution >= 4 is 0 Å². The highest BCUT2D eigenvalue weighted by Crippen LogP contribution is 2.59. The Morgan fingerprint density at radius 1 is 1.17 bits per heavy atom. The number of allylic oxidation sites excluding steroid dienone is 1. The van der Waals surface area contributed by atoms with Crippen LogP contribution in [0.15, 0.2) is 11.6 Å². The Labute approximate surface area is 148 Å². The predicted molar refractivity (Wildman–Crippen MR) is 99.6 cm³/mol. The lowest BCUT2D eigenvalue weighted by Crippen LogP contribution is -2.37. The quantitative estimate of drug-likeness (QED) is 0.709. The van der Waals surface area contributed by atoms with Gasteiger partial charge >= 0.3 is 0 Å². The largest absolute Gasteiger partial charge is 0.396 e. The van der Waals surface area contributed by atoms with Crippen LogP contribution < -0.4 is 0 Å². The first-order valence-electron chi connectivity index (χ1n) is 10.4. The number of fused-ring (bicyclic) bond motifs is 1. The Hall–Kier alpha value is -0.340. The lowest BCUT2D eigenvalue weighted by Gasteiger charge is -2.44. The highest BCUT2D eigenvalue weighted by molar-refractivity contribution is 5.20. The molecule has 0 heterocycles. The molecule has 3 saturated carbocycles. The van der Waals surface area contributed by atoms with Gasteiger partial charge in [-0.3, -0.25) is 0 Å². The number of rotatable bonds is 5. The van der Waals surface area contributed by atoms with E-state index in [4.69, 9.17) is 0 Å². The van der Waals surface area contributed by atoms with Gasteiger partial charge in [-0.25, -0.2) is 0 Å². The molecule has 0 aromatic heterocycles. The van der Waals surface area contributed by atoms with Crippen LogP contribution in [0.1, 0.15) is 72.1 Å². The molecule has 2 nitrogen and oxygen atoms in total. The van der Waals surface area contributed by atoms with Crippen LogP contribution in [-0.2, 0) is 0 Å². The number of aliphatic hydroxyl groups excluding tert-OH is 2. The highest BCUT2D eigenvalue weighted by atomic mass is 16.3. The molecule has 0 aromatic carbocycles. The number of hydrogen-bond donors (Lipinski definition) is 2. The Balaban J connectivity index is 1.78. The molecule has 0 amide bonds. The van der Waals surface area contributed by atoms with Gasteiger partial charge in [-0.2, -0.15) is 0 Å². The van der Waals surface area contributed by atoms with Crippen molar-refractivity contribution in [3.63, 3.8) is 0 Å². The first-order chi connectivity index (χ1) is 11.5. The fourth-order valence-corrected chi connectivity index (χ4v) is 6.59. The Kier molecular flexibility index (Phi) is 5.76. The van der Waals surface area contributed by atoms with Gasteiger partial charge in [0.1, 0.15) is 0 Å². The topological polar surface area (TPSA) is 40.5 Å². The van der Waals surface area contributed by atoms with Crippen molar-refractivity contribution in [1.29, 1.82) is 0 Å². The van der Waals surface area contributed by atoms with Crippen LogP contribution in [-0.4, -0.2) is 23.4 Å². The Morgan fingerprint density at radius 2 is 1.96 bits per heavy atom. The standard InChI is InChI=1S/C22H38O2/c1-15-6-7-17(11-15)19(14-24)12-18-5-4-10-22(3)20(16(2)13-23)8-9-21(18)22/h12,15-17,19-21,23-24H,4-11,13-14H2,1-3H3. The fraction of sp³-hybridized carbons (Fsp3) is 0.909. The summed E-state index contributed by atoms with van der Waals surface area (Å²) in [6.07, 6.45) is 12.8. The van der Waals surface area contributed by atoms with Crippen molar-refractivity contribution in [2.24, 2.45) is 40.9 Å². The van der Waals surface area contributed by atoms with Gasteiger partial charge in [0.15, 0.2) is 0 Å². The Morgan fingerprint density at radius 3 is 2.58 bits per heavy atom. The van der Waals surface area contributed by atoms with Crippen molar-refractivity contribution in [1.82, 2.24) is 0 Å². The van der Waals surface area contributed by atoms with E-state index in [1.54, 1.807) is 5.57 Å². The molecule has 2 heteroatoms. The molecular formula is C22H38O2. The molecule has 3 aliphatic rings. The molecule has 7 atom stereocenters. The second kappa shape index (κ2) is 7.50. The van der Waals surface area contributed by atoms with Gasteiger partial charge in [-0.1, -0.05) is 38.8 Å². The highest BCUT2D eigenvalue weighted by Gasteiger charge is 2.50. The summed E-state index contributed by atoms with van der Waals surface area (Å²) in [5.41, 5.74) is 2.02. The van der Waals surface area contributed by atoms with Gasteiger partial charge in [-0.15, -0.1) is 0 Å². The van der Waals surface area contributed by atoms with Crippen LogP contribution in [0.5, 0.6) is 0 Å².